The van der Waals surface area contributed by atoms with Gasteiger partial charge in [0, 0.05) is 6.61 Å². The van der Waals surface area contributed by atoms with E-state index in [1.165, 1.54) is 0 Å². The molecule has 0 radical (unpaired) electrons. The van der Waals surface area contributed by atoms with Crippen LogP contribution in [0, 0.1) is 12.3 Å². The van der Waals surface area contributed by atoms with Gasteiger partial charge in [-0.3, -0.25) is 4.79 Å². The van der Waals surface area contributed by atoms with Crippen LogP contribution in [0.4, 0.5) is 0 Å². The quantitative estimate of drug-likeness (QED) is 0.854. The van der Waals surface area contributed by atoms with E-state index in [0.717, 1.165) is 11.3 Å². The predicted octanol–water partition coefficient (Wildman–Crippen LogP) is 2.65. The number of sulfonamides is 1. The fourth-order valence-corrected chi connectivity index (χ4v) is 4.54. The maximum Gasteiger partial charge on any atom is 0.276 e. The van der Waals surface area contributed by atoms with Gasteiger partial charge in [-0.2, -0.15) is 0 Å². The topological polar surface area (TPSA) is 85.4 Å². The number of hydrogen-bond acceptors (Lipinski definition) is 6. The van der Waals surface area contributed by atoms with Crippen LogP contribution in [-0.2, 0) is 14.8 Å². The molecule has 1 amide bonds. The highest BCUT2D eigenvalue weighted by atomic mass is 32.2. The van der Waals surface area contributed by atoms with Crippen molar-refractivity contribution in [2.75, 3.05) is 12.4 Å². The van der Waals surface area contributed by atoms with Crippen molar-refractivity contribution in [3.63, 3.8) is 0 Å². The number of carbonyl (C=O) groups is 1. The zero-order valence-corrected chi connectivity index (χ0v) is 15.5. The second-order valence-corrected chi connectivity index (χ2v) is 9.07. The smallest absolute Gasteiger partial charge is 0.276 e. The van der Waals surface area contributed by atoms with Gasteiger partial charge < -0.3 is 4.74 Å². The van der Waals surface area contributed by atoms with Crippen molar-refractivity contribution >= 4 is 27.3 Å². The molecule has 0 saturated heterocycles. The summed E-state index contributed by atoms with van der Waals surface area (Å²) in [5.74, 6) is -0.750. The minimum atomic E-state index is -3.68. The van der Waals surface area contributed by atoms with Crippen molar-refractivity contribution in [3.05, 3.63) is 15.6 Å². The van der Waals surface area contributed by atoms with Gasteiger partial charge in [0.2, 0.25) is 10.0 Å². The highest BCUT2D eigenvalue weighted by Crippen LogP contribution is 2.26. The van der Waals surface area contributed by atoms with Gasteiger partial charge in [0.15, 0.2) is 0 Å². The van der Waals surface area contributed by atoms with E-state index >= 15 is 0 Å². The molecule has 0 aromatic carbocycles. The Morgan fingerprint density at radius 3 is 2.50 bits per heavy atom. The first-order chi connectivity index (χ1) is 9.95. The van der Waals surface area contributed by atoms with E-state index in [-0.39, 0.29) is 11.9 Å². The molecule has 22 heavy (non-hydrogen) atoms. The van der Waals surface area contributed by atoms with Crippen LogP contribution in [0.25, 0.3) is 0 Å². The Morgan fingerprint density at radius 2 is 2.00 bits per heavy atom. The van der Waals surface area contributed by atoms with Crippen molar-refractivity contribution in [1.82, 2.24) is 9.71 Å². The summed E-state index contributed by atoms with van der Waals surface area (Å²) < 4.78 is 31.6. The lowest BCUT2D eigenvalue weighted by molar-refractivity contribution is 0.0761. The number of thiazole rings is 1. The van der Waals surface area contributed by atoms with Crippen LogP contribution in [-0.4, -0.2) is 31.7 Å². The number of aromatic nitrogens is 1. The molecule has 1 heterocycles. The Balaban J connectivity index is 2.91. The fraction of sp³-hybridized carbons (Fsp3) is 0.714. The minimum Gasteiger partial charge on any atom is -0.372 e. The molecule has 1 unspecified atom stereocenters. The maximum absolute atomic E-state index is 12.2. The molecule has 126 valence electrons. The molecular weight excluding hydrogens is 324 g/mol. The summed E-state index contributed by atoms with van der Waals surface area (Å²) in [6, 6.07) is 0. The lowest BCUT2D eigenvalue weighted by atomic mass is 10.0. The molecule has 1 aromatic heterocycles. The first-order valence-corrected chi connectivity index (χ1v) is 9.56. The van der Waals surface area contributed by atoms with Gasteiger partial charge in [0.05, 0.1) is 11.4 Å². The Labute approximate surface area is 136 Å². The molecule has 1 atom stereocenters. The van der Waals surface area contributed by atoms with Crippen LogP contribution in [0.3, 0.4) is 0 Å². The third-order valence-corrected chi connectivity index (χ3v) is 5.71. The average molecular weight is 348 g/mol. The maximum atomic E-state index is 12.2. The molecule has 0 aliphatic carbocycles. The molecule has 1 N–H and O–H groups in total. The number of ether oxygens (including phenoxy) is 1. The number of carbonyl (C=O) groups excluding carboxylic acids is 1. The van der Waals surface area contributed by atoms with Crippen molar-refractivity contribution < 1.29 is 17.9 Å². The molecule has 0 aliphatic rings. The molecule has 0 saturated carbocycles. The van der Waals surface area contributed by atoms with Crippen molar-refractivity contribution in [2.45, 2.75) is 47.6 Å². The molecule has 0 aliphatic heterocycles. The summed E-state index contributed by atoms with van der Waals surface area (Å²) in [4.78, 5) is 16.8. The lowest BCUT2D eigenvalue weighted by Crippen LogP contribution is -2.36. The molecule has 1 aromatic rings. The Morgan fingerprint density at radius 1 is 1.41 bits per heavy atom. The highest BCUT2D eigenvalue weighted by Gasteiger charge is 2.26. The summed E-state index contributed by atoms with van der Waals surface area (Å²) >= 11 is 1.16. The first-order valence-electron chi connectivity index (χ1n) is 7.09. The monoisotopic (exact) mass is 348 g/mol. The lowest BCUT2D eigenvalue weighted by Gasteiger charge is -2.18. The van der Waals surface area contributed by atoms with E-state index in [9.17, 15) is 13.2 Å². The van der Waals surface area contributed by atoms with Gasteiger partial charge in [-0.1, -0.05) is 20.8 Å². The van der Waals surface area contributed by atoms with Gasteiger partial charge in [-0.25, -0.2) is 18.1 Å². The van der Waals surface area contributed by atoms with E-state index in [2.05, 4.69) is 9.71 Å². The normalized spacial score (nSPS) is 13.9. The zero-order valence-electron chi connectivity index (χ0n) is 13.9. The molecule has 0 bridgehead atoms. The van der Waals surface area contributed by atoms with Gasteiger partial charge >= 0.3 is 0 Å². The van der Waals surface area contributed by atoms with Gasteiger partial charge in [0.25, 0.3) is 5.91 Å². The SMILES string of the molecule is CCOC(C)c1nc(C)c(C(=O)NS(=O)(=O)CC(C)(C)C)s1. The van der Waals surface area contributed by atoms with E-state index in [0.29, 0.717) is 22.2 Å². The Bertz CT molecular complexity index is 630. The minimum absolute atomic E-state index is 0.119. The largest absolute Gasteiger partial charge is 0.372 e. The summed E-state index contributed by atoms with van der Waals surface area (Å²) in [7, 11) is -3.68. The van der Waals surface area contributed by atoms with Crippen molar-refractivity contribution in [1.29, 1.82) is 0 Å². The molecule has 6 nitrogen and oxygen atoms in total. The summed E-state index contributed by atoms with van der Waals surface area (Å²) in [6.45, 7) is 11.4. The van der Waals surface area contributed by atoms with Gasteiger partial charge in [-0.15, -0.1) is 11.3 Å². The van der Waals surface area contributed by atoms with E-state index < -0.39 is 21.3 Å². The van der Waals surface area contributed by atoms with E-state index in [4.69, 9.17) is 4.74 Å². The number of aryl methyl sites for hydroxylation is 1. The average Bonchev–Trinajstić information content (AvgIpc) is 2.67. The number of amides is 1. The Hall–Kier alpha value is -0.990. The van der Waals surface area contributed by atoms with E-state index in [1.54, 1.807) is 27.7 Å². The second kappa shape index (κ2) is 7.06. The van der Waals surface area contributed by atoms with Crippen molar-refractivity contribution in [2.24, 2.45) is 5.41 Å². The summed E-state index contributed by atoms with van der Waals surface area (Å²) in [6.07, 6.45) is -0.221. The molecule has 8 heteroatoms. The zero-order chi connectivity index (χ0) is 17.1. The van der Waals surface area contributed by atoms with Crippen molar-refractivity contribution in [3.8, 4) is 0 Å². The Kier molecular flexibility index (Phi) is 6.11. The summed E-state index contributed by atoms with van der Waals surface area (Å²) in [5.41, 5.74) is 0.0822. The third kappa shape index (κ3) is 5.66. The fourth-order valence-electron chi connectivity index (χ4n) is 1.92. The van der Waals surface area contributed by atoms with Crippen LogP contribution in [0.15, 0.2) is 0 Å². The molecular formula is C14H24N2O4S2. The highest BCUT2D eigenvalue weighted by molar-refractivity contribution is 7.90. The van der Waals surface area contributed by atoms with Gasteiger partial charge in [-0.05, 0) is 26.2 Å². The number of nitrogens with zero attached hydrogens (tertiary/aromatic N) is 1. The molecule has 0 fully saturated rings. The van der Waals surface area contributed by atoms with E-state index in [1.807, 2.05) is 13.8 Å². The molecule has 1 rings (SSSR count). The van der Waals surface area contributed by atoms with Crippen LogP contribution >= 0.6 is 11.3 Å². The second-order valence-electron chi connectivity index (χ2n) is 6.32. The van der Waals surface area contributed by atoms with Crippen LogP contribution < -0.4 is 4.72 Å². The van der Waals surface area contributed by atoms with Gasteiger partial charge in [0.1, 0.15) is 16.0 Å². The number of rotatable bonds is 6. The summed E-state index contributed by atoms with van der Waals surface area (Å²) in [5, 5.41) is 0.665. The standard InChI is InChI=1S/C14H24N2O4S2/c1-7-20-10(3)13-15-9(2)11(21-13)12(17)16-22(18,19)8-14(4,5)6/h10H,7-8H2,1-6H3,(H,16,17). The predicted molar refractivity (Wildman–Crippen MR) is 87.6 cm³/mol. The number of hydrogen-bond donors (Lipinski definition) is 1. The first kappa shape index (κ1) is 19.1. The molecule has 0 spiro atoms. The third-order valence-electron chi connectivity index (χ3n) is 2.66. The van der Waals surface area contributed by atoms with Crippen LogP contribution in [0.5, 0.6) is 0 Å². The van der Waals surface area contributed by atoms with Crippen LogP contribution in [0.1, 0.15) is 61.1 Å². The number of nitrogens with one attached hydrogen (secondary N) is 1. The van der Waals surface area contributed by atoms with Crippen LogP contribution in [0.2, 0.25) is 0 Å².